The summed E-state index contributed by atoms with van der Waals surface area (Å²) in [6.07, 6.45) is 1.36. The lowest BCUT2D eigenvalue weighted by Gasteiger charge is -2.07. The first-order chi connectivity index (χ1) is 6.48. The molecule has 0 bridgehead atoms. The summed E-state index contributed by atoms with van der Waals surface area (Å²) in [5, 5.41) is 0.570. The monoisotopic (exact) mass is 259 g/mol. The molecule has 0 fully saturated rings. The molecule has 4 heteroatoms. The van der Waals surface area contributed by atoms with E-state index in [0.29, 0.717) is 5.39 Å². The summed E-state index contributed by atoms with van der Waals surface area (Å²) in [6, 6.07) is 5.22. The lowest BCUT2D eigenvalue weighted by molar-refractivity contribution is 0.0191. The van der Waals surface area contributed by atoms with Gasteiger partial charge in [0.1, 0.15) is 0 Å². The molecule has 2 rings (SSSR count). The Kier molecular flexibility index (Phi) is 2.10. The zero-order chi connectivity index (χ0) is 10.3. The van der Waals surface area contributed by atoms with Crippen molar-refractivity contribution in [2.75, 3.05) is 0 Å². The predicted octanol–water partition coefficient (Wildman–Crippen LogP) is 4.04. The molecule has 2 aromatic rings. The van der Waals surface area contributed by atoms with Gasteiger partial charge in [0.15, 0.2) is 0 Å². The first kappa shape index (κ1) is 9.65. The second kappa shape index (κ2) is 3.05. The van der Waals surface area contributed by atoms with E-state index in [9.17, 15) is 8.78 Å². The summed E-state index contributed by atoms with van der Waals surface area (Å²) in [5.41, 5.74) is 0.760. The van der Waals surface area contributed by atoms with Gasteiger partial charge in [0.05, 0.1) is 0 Å². The van der Waals surface area contributed by atoms with Gasteiger partial charge in [-0.05, 0) is 12.1 Å². The molecular formula is C10H8BrF2N. The summed E-state index contributed by atoms with van der Waals surface area (Å²) >= 11 is 3.28. The minimum Gasteiger partial charge on any atom is -0.361 e. The average Bonchev–Trinajstić information content (AvgIpc) is 2.45. The Morgan fingerprint density at radius 3 is 2.71 bits per heavy atom. The van der Waals surface area contributed by atoms with Crippen LogP contribution in [-0.2, 0) is 5.92 Å². The van der Waals surface area contributed by atoms with Crippen LogP contribution in [0.1, 0.15) is 12.5 Å². The van der Waals surface area contributed by atoms with Gasteiger partial charge in [-0.2, -0.15) is 0 Å². The molecule has 0 spiro atoms. The van der Waals surface area contributed by atoms with Crippen molar-refractivity contribution in [1.82, 2.24) is 4.98 Å². The lowest BCUT2D eigenvalue weighted by Crippen LogP contribution is -2.05. The second-order valence-electron chi connectivity index (χ2n) is 3.28. The van der Waals surface area contributed by atoms with E-state index in [-0.39, 0.29) is 5.56 Å². The van der Waals surface area contributed by atoms with Gasteiger partial charge < -0.3 is 4.98 Å². The maximum Gasteiger partial charge on any atom is 0.272 e. The molecule has 1 heterocycles. The Labute approximate surface area is 88.3 Å². The molecule has 14 heavy (non-hydrogen) atoms. The first-order valence-electron chi connectivity index (χ1n) is 4.13. The van der Waals surface area contributed by atoms with Crippen molar-refractivity contribution in [3.63, 3.8) is 0 Å². The highest BCUT2D eigenvalue weighted by Gasteiger charge is 2.27. The van der Waals surface area contributed by atoms with Crippen LogP contribution in [0.3, 0.4) is 0 Å². The van der Waals surface area contributed by atoms with E-state index >= 15 is 0 Å². The van der Waals surface area contributed by atoms with E-state index < -0.39 is 5.92 Å². The number of nitrogens with one attached hydrogen (secondary N) is 1. The van der Waals surface area contributed by atoms with Gasteiger partial charge in [-0.15, -0.1) is 0 Å². The Morgan fingerprint density at radius 2 is 2.07 bits per heavy atom. The van der Waals surface area contributed by atoms with Crippen LogP contribution >= 0.6 is 15.9 Å². The van der Waals surface area contributed by atoms with Crippen LogP contribution < -0.4 is 0 Å². The Morgan fingerprint density at radius 1 is 1.36 bits per heavy atom. The molecule has 74 valence electrons. The third kappa shape index (κ3) is 1.54. The molecule has 1 aromatic carbocycles. The molecule has 1 nitrogen and oxygen atoms in total. The van der Waals surface area contributed by atoms with Crippen molar-refractivity contribution < 1.29 is 8.78 Å². The molecular weight excluding hydrogens is 252 g/mol. The van der Waals surface area contributed by atoms with Crippen LogP contribution in [-0.4, -0.2) is 4.98 Å². The van der Waals surface area contributed by atoms with Gasteiger partial charge in [0, 0.05) is 34.1 Å². The van der Waals surface area contributed by atoms with Crippen molar-refractivity contribution in [3.8, 4) is 0 Å². The van der Waals surface area contributed by atoms with E-state index in [0.717, 1.165) is 16.9 Å². The molecule has 0 saturated heterocycles. The maximum absolute atomic E-state index is 13.1. The summed E-state index contributed by atoms with van der Waals surface area (Å²) in [7, 11) is 0. The van der Waals surface area contributed by atoms with Crippen LogP contribution in [0.4, 0.5) is 8.78 Å². The van der Waals surface area contributed by atoms with Crippen molar-refractivity contribution in [2.24, 2.45) is 0 Å². The number of rotatable bonds is 1. The number of halogens is 3. The van der Waals surface area contributed by atoms with Crippen molar-refractivity contribution >= 4 is 26.8 Å². The number of aromatic amines is 1. The summed E-state index contributed by atoms with van der Waals surface area (Å²) in [5.74, 6) is -2.80. The lowest BCUT2D eigenvalue weighted by atomic mass is 10.1. The van der Waals surface area contributed by atoms with Crippen LogP contribution in [0.5, 0.6) is 0 Å². The summed E-state index contributed by atoms with van der Waals surface area (Å²) in [6.45, 7) is 0.900. The zero-order valence-corrected chi connectivity index (χ0v) is 9.03. The van der Waals surface area contributed by atoms with Gasteiger partial charge in [-0.25, -0.2) is 8.78 Å². The van der Waals surface area contributed by atoms with Crippen LogP contribution in [0.15, 0.2) is 28.9 Å². The number of aromatic nitrogens is 1. The average molecular weight is 260 g/mol. The fraction of sp³-hybridized carbons (Fsp3) is 0.200. The van der Waals surface area contributed by atoms with Crippen molar-refractivity contribution in [3.05, 3.63) is 34.4 Å². The molecule has 0 unspecified atom stereocenters. The molecule has 0 atom stereocenters. The third-order valence-corrected chi connectivity index (χ3v) is 2.61. The SMILES string of the molecule is CC(F)(F)c1c[nH]c2cc(Br)ccc12. The predicted molar refractivity (Wildman–Crippen MR) is 55.6 cm³/mol. The Hall–Kier alpha value is -0.900. The fourth-order valence-electron chi connectivity index (χ4n) is 1.46. The molecule has 1 N–H and O–H groups in total. The largest absolute Gasteiger partial charge is 0.361 e. The highest BCUT2D eigenvalue weighted by atomic mass is 79.9. The second-order valence-corrected chi connectivity index (χ2v) is 4.20. The van der Waals surface area contributed by atoms with Gasteiger partial charge >= 0.3 is 0 Å². The number of fused-ring (bicyclic) bond motifs is 1. The van der Waals surface area contributed by atoms with Crippen LogP contribution in [0.25, 0.3) is 10.9 Å². The molecule has 0 saturated carbocycles. The number of hydrogen-bond donors (Lipinski definition) is 1. The summed E-state index contributed by atoms with van der Waals surface area (Å²) < 4.78 is 27.0. The van der Waals surface area contributed by atoms with Crippen molar-refractivity contribution in [1.29, 1.82) is 0 Å². The van der Waals surface area contributed by atoms with Crippen LogP contribution in [0, 0.1) is 0 Å². The molecule has 0 aliphatic rings. The van der Waals surface area contributed by atoms with Gasteiger partial charge in [0.2, 0.25) is 0 Å². The quantitative estimate of drug-likeness (QED) is 0.796. The summed E-state index contributed by atoms with van der Waals surface area (Å²) in [4.78, 5) is 2.83. The fourth-order valence-corrected chi connectivity index (χ4v) is 1.82. The van der Waals surface area contributed by atoms with Gasteiger partial charge in [-0.1, -0.05) is 22.0 Å². The standard InChI is InChI=1S/C10H8BrF2N/c1-10(12,13)8-5-14-9-4-6(11)2-3-7(8)9/h2-5,14H,1H3. The molecule has 0 amide bonds. The topological polar surface area (TPSA) is 15.8 Å². The number of H-pyrrole nitrogens is 1. The number of alkyl halides is 2. The normalized spacial score (nSPS) is 12.3. The molecule has 1 aromatic heterocycles. The van der Waals surface area contributed by atoms with E-state index in [1.54, 1.807) is 18.2 Å². The van der Waals surface area contributed by atoms with Gasteiger partial charge in [-0.3, -0.25) is 0 Å². The smallest absolute Gasteiger partial charge is 0.272 e. The van der Waals surface area contributed by atoms with Crippen molar-refractivity contribution in [2.45, 2.75) is 12.8 Å². The molecule has 0 radical (unpaired) electrons. The third-order valence-electron chi connectivity index (χ3n) is 2.12. The van der Waals surface area contributed by atoms with Crippen LogP contribution in [0.2, 0.25) is 0 Å². The minimum atomic E-state index is -2.80. The highest BCUT2D eigenvalue weighted by molar-refractivity contribution is 9.10. The Bertz CT molecular complexity index is 470. The Balaban J connectivity index is 2.70. The number of benzene rings is 1. The highest BCUT2D eigenvalue weighted by Crippen LogP contribution is 2.33. The van der Waals surface area contributed by atoms with E-state index in [1.165, 1.54) is 6.20 Å². The van der Waals surface area contributed by atoms with Gasteiger partial charge in [0.25, 0.3) is 5.92 Å². The number of hydrogen-bond acceptors (Lipinski definition) is 0. The maximum atomic E-state index is 13.1. The molecule has 0 aliphatic carbocycles. The van der Waals surface area contributed by atoms with E-state index in [2.05, 4.69) is 20.9 Å². The minimum absolute atomic E-state index is 0.0417. The van der Waals surface area contributed by atoms with E-state index in [4.69, 9.17) is 0 Å². The zero-order valence-electron chi connectivity index (χ0n) is 7.44. The van der Waals surface area contributed by atoms with E-state index in [1.807, 2.05) is 0 Å². The first-order valence-corrected chi connectivity index (χ1v) is 4.93. The molecule has 0 aliphatic heterocycles.